The summed E-state index contributed by atoms with van der Waals surface area (Å²) in [5.41, 5.74) is 0. The molecule has 0 saturated heterocycles. The molecule has 6 heteroatoms. The molecule has 0 radical (unpaired) electrons. The number of halogens is 1. The van der Waals surface area contributed by atoms with Gasteiger partial charge in [-0.1, -0.05) is 18.5 Å². The van der Waals surface area contributed by atoms with Crippen molar-refractivity contribution in [3.05, 3.63) is 29.3 Å². The van der Waals surface area contributed by atoms with Crippen LogP contribution in [0.3, 0.4) is 0 Å². The smallest absolute Gasteiger partial charge is 0.303 e. The number of aliphatic carboxylic acids is 1. The van der Waals surface area contributed by atoms with Gasteiger partial charge in [-0.15, -0.1) is 0 Å². The average molecular weight is 286 g/mol. The van der Waals surface area contributed by atoms with Crippen molar-refractivity contribution in [2.75, 3.05) is 13.2 Å². The highest BCUT2D eigenvalue weighted by atomic mass is 35.5. The minimum atomic E-state index is -0.876. The molecule has 0 aromatic heterocycles. The largest absolute Gasteiger partial charge is 0.484 e. The predicted molar refractivity (Wildman–Crippen MR) is 71.4 cm³/mol. The van der Waals surface area contributed by atoms with Gasteiger partial charge in [0.1, 0.15) is 5.75 Å². The first kappa shape index (κ1) is 15.3. The van der Waals surface area contributed by atoms with Gasteiger partial charge in [0.25, 0.3) is 5.91 Å². The molecular weight excluding hydrogens is 270 g/mol. The Hall–Kier alpha value is -1.75. The van der Waals surface area contributed by atoms with E-state index in [2.05, 4.69) is 5.32 Å². The number of carbonyl (C=O) groups is 2. The Bertz CT molecular complexity index is 433. The standard InChI is InChI=1S/C13H16ClNO4/c1-9(6-13(17)18)7-15-12(16)8-19-11-4-2-10(14)3-5-11/h2-5,9H,6-8H2,1H3,(H,15,16)(H,17,18). The average Bonchev–Trinajstić information content (AvgIpc) is 2.35. The van der Waals surface area contributed by atoms with Crippen LogP contribution in [-0.4, -0.2) is 30.1 Å². The van der Waals surface area contributed by atoms with Gasteiger partial charge in [0.2, 0.25) is 0 Å². The maximum Gasteiger partial charge on any atom is 0.303 e. The van der Waals surface area contributed by atoms with Gasteiger partial charge in [0.05, 0.1) is 0 Å². The number of hydrogen-bond acceptors (Lipinski definition) is 3. The van der Waals surface area contributed by atoms with Gasteiger partial charge in [-0.3, -0.25) is 9.59 Å². The number of hydrogen-bond donors (Lipinski definition) is 2. The SMILES string of the molecule is CC(CNC(=O)COc1ccc(Cl)cc1)CC(=O)O. The van der Waals surface area contributed by atoms with Crippen LogP contribution in [0, 0.1) is 5.92 Å². The number of ether oxygens (including phenoxy) is 1. The number of rotatable bonds is 7. The molecule has 0 aliphatic heterocycles. The normalized spacial score (nSPS) is 11.7. The summed E-state index contributed by atoms with van der Waals surface area (Å²) < 4.78 is 5.25. The molecule has 0 heterocycles. The molecule has 1 amide bonds. The Morgan fingerprint density at radius 1 is 1.37 bits per heavy atom. The summed E-state index contributed by atoms with van der Waals surface area (Å²) in [4.78, 5) is 21.9. The van der Waals surface area contributed by atoms with E-state index >= 15 is 0 Å². The molecule has 0 fully saturated rings. The van der Waals surface area contributed by atoms with Gasteiger partial charge in [0, 0.05) is 18.0 Å². The topological polar surface area (TPSA) is 75.6 Å². The maximum atomic E-state index is 11.5. The van der Waals surface area contributed by atoms with Gasteiger partial charge in [-0.05, 0) is 30.2 Å². The Labute approximate surface area is 116 Å². The zero-order chi connectivity index (χ0) is 14.3. The van der Waals surface area contributed by atoms with Crippen molar-refractivity contribution in [1.82, 2.24) is 5.32 Å². The van der Waals surface area contributed by atoms with Crippen molar-refractivity contribution in [2.45, 2.75) is 13.3 Å². The minimum Gasteiger partial charge on any atom is -0.484 e. The van der Waals surface area contributed by atoms with Crippen LogP contribution in [0.1, 0.15) is 13.3 Å². The van der Waals surface area contributed by atoms with Gasteiger partial charge in [0.15, 0.2) is 6.61 Å². The molecule has 1 aromatic carbocycles. The van der Waals surface area contributed by atoms with E-state index in [0.717, 1.165) is 0 Å². The molecule has 0 spiro atoms. The molecule has 5 nitrogen and oxygen atoms in total. The lowest BCUT2D eigenvalue weighted by atomic mass is 10.1. The fraction of sp³-hybridized carbons (Fsp3) is 0.385. The van der Waals surface area contributed by atoms with E-state index in [4.69, 9.17) is 21.4 Å². The zero-order valence-corrected chi connectivity index (χ0v) is 11.3. The molecule has 19 heavy (non-hydrogen) atoms. The summed E-state index contributed by atoms with van der Waals surface area (Å²) in [6, 6.07) is 6.68. The van der Waals surface area contributed by atoms with Crippen molar-refractivity contribution in [1.29, 1.82) is 0 Å². The number of amides is 1. The lowest BCUT2D eigenvalue weighted by Gasteiger charge is -2.11. The molecule has 1 rings (SSSR count). The third-order valence-electron chi connectivity index (χ3n) is 2.35. The van der Waals surface area contributed by atoms with E-state index in [1.165, 1.54) is 0 Å². The first-order chi connectivity index (χ1) is 8.97. The van der Waals surface area contributed by atoms with Crippen LogP contribution in [0.4, 0.5) is 0 Å². The summed E-state index contributed by atoms with van der Waals surface area (Å²) in [5.74, 6) is -0.721. The Morgan fingerprint density at radius 3 is 2.58 bits per heavy atom. The summed E-state index contributed by atoms with van der Waals surface area (Å²) in [6.45, 7) is 1.96. The summed E-state index contributed by atoms with van der Waals surface area (Å²) in [7, 11) is 0. The van der Waals surface area contributed by atoms with E-state index in [1.807, 2.05) is 0 Å². The number of nitrogens with one attached hydrogen (secondary N) is 1. The Kier molecular flexibility index (Phi) is 6.15. The fourth-order valence-electron chi connectivity index (χ4n) is 1.39. The molecule has 0 bridgehead atoms. The van der Waals surface area contributed by atoms with E-state index in [0.29, 0.717) is 17.3 Å². The number of carboxylic acids is 1. The quantitative estimate of drug-likeness (QED) is 0.803. The molecule has 0 aliphatic carbocycles. The van der Waals surface area contributed by atoms with Crippen molar-refractivity contribution in [3.8, 4) is 5.75 Å². The van der Waals surface area contributed by atoms with Gasteiger partial charge < -0.3 is 15.2 Å². The van der Waals surface area contributed by atoms with Gasteiger partial charge in [-0.2, -0.15) is 0 Å². The second-order valence-corrected chi connectivity index (χ2v) is 4.69. The molecule has 104 valence electrons. The third kappa shape index (κ3) is 6.67. The third-order valence-corrected chi connectivity index (χ3v) is 2.61. The molecule has 0 aliphatic rings. The second kappa shape index (κ2) is 7.63. The predicted octanol–water partition coefficient (Wildman–Crippen LogP) is 1.95. The molecule has 2 N–H and O–H groups in total. The van der Waals surface area contributed by atoms with Crippen LogP contribution in [0.2, 0.25) is 5.02 Å². The Balaban J connectivity index is 2.24. The summed E-state index contributed by atoms with van der Waals surface area (Å²) >= 11 is 5.72. The monoisotopic (exact) mass is 285 g/mol. The number of benzene rings is 1. The van der Waals surface area contributed by atoms with Crippen LogP contribution in [0.15, 0.2) is 24.3 Å². The molecule has 1 aromatic rings. The zero-order valence-electron chi connectivity index (χ0n) is 10.6. The van der Waals surface area contributed by atoms with E-state index in [9.17, 15) is 9.59 Å². The second-order valence-electron chi connectivity index (χ2n) is 4.25. The highest BCUT2D eigenvalue weighted by molar-refractivity contribution is 6.30. The van der Waals surface area contributed by atoms with Crippen molar-refractivity contribution >= 4 is 23.5 Å². The lowest BCUT2D eigenvalue weighted by molar-refractivity contribution is -0.138. The maximum absolute atomic E-state index is 11.5. The van der Waals surface area contributed by atoms with Crippen LogP contribution in [0.25, 0.3) is 0 Å². The summed E-state index contributed by atoms with van der Waals surface area (Å²) in [5, 5.41) is 11.8. The van der Waals surface area contributed by atoms with Gasteiger partial charge in [-0.25, -0.2) is 0 Å². The van der Waals surface area contributed by atoms with Crippen LogP contribution < -0.4 is 10.1 Å². The minimum absolute atomic E-state index is 0.0261. The van der Waals surface area contributed by atoms with Crippen molar-refractivity contribution < 1.29 is 19.4 Å². The molecular formula is C13H16ClNO4. The Morgan fingerprint density at radius 2 is 2.00 bits per heavy atom. The first-order valence-corrected chi connectivity index (χ1v) is 6.22. The number of carboxylic acid groups (broad SMARTS) is 1. The van der Waals surface area contributed by atoms with Crippen LogP contribution >= 0.6 is 11.6 Å². The van der Waals surface area contributed by atoms with Crippen LogP contribution in [0.5, 0.6) is 5.75 Å². The molecule has 1 unspecified atom stereocenters. The number of carbonyl (C=O) groups excluding carboxylic acids is 1. The highest BCUT2D eigenvalue weighted by Gasteiger charge is 2.09. The highest BCUT2D eigenvalue weighted by Crippen LogP contribution is 2.15. The fourth-order valence-corrected chi connectivity index (χ4v) is 1.52. The lowest BCUT2D eigenvalue weighted by Crippen LogP contribution is -2.33. The van der Waals surface area contributed by atoms with Crippen molar-refractivity contribution in [3.63, 3.8) is 0 Å². The van der Waals surface area contributed by atoms with Crippen molar-refractivity contribution in [2.24, 2.45) is 5.92 Å². The van der Waals surface area contributed by atoms with E-state index in [-0.39, 0.29) is 24.9 Å². The van der Waals surface area contributed by atoms with E-state index < -0.39 is 5.97 Å². The summed E-state index contributed by atoms with van der Waals surface area (Å²) in [6.07, 6.45) is 0.0261. The van der Waals surface area contributed by atoms with Crippen LogP contribution in [-0.2, 0) is 9.59 Å². The van der Waals surface area contributed by atoms with E-state index in [1.54, 1.807) is 31.2 Å². The molecule has 1 atom stereocenters. The first-order valence-electron chi connectivity index (χ1n) is 5.84. The van der Waals surface area contributed by atoms with Gasteiger partial charge >= 0.3 is 5.97 Å². The molecule has 0 saturated carbocycles.